The van der Waals surface area contributed by atoms with Crippen molar-refractivity contribution in [2.75, 3.05) is 18.9 Å². The summed E-state index contributed by atoms with van der Waals surface area (Å²) in [6.07, 6.45) is 0. The zero-order valence-corrected chi connectivity index (χ0v) is 10.9. The second-order valence-electron chi connectivity index (χ2n) is 4.36. The molecule has 2 amide bonds. The van der Waals surface area contributed by atoms with Crippen LogP contribution in [0.2, 0.25) is 0 Å². The zero-order chi connectivity index (χ0) is 13.9. The number of carboxylic acid groups (broad SMARTS) is 1. The van der Waals surface area contributed by atoms with E-state index < -0.39 is 11.9 Å². The largest absolute Gasteiger partial charge is 0.481 e. The van der Waals surface area contributed by atoms with Crippen molar-refractivity contribution in [3.8, 4) is 0 Å². The third kappa shape index (κ3) is 3.22. The summed E-state index contributed by atoms with van der Waals surface area (Å²) in [5.41, 5.74) is 2.09. The Hall–Kier alpha value is -2.05. The Kier molecular flexibility index (Phi) is 4.30. The SMILES string of the molecule is Cc1n[nH]c(C)c1NC(=O)N(C)CC(C)C(=O)O. The monoisotopic (exact) mass is 254 g/mol. The molecule has 0 aromatic carbocycles. The van der Waals surface area contributed by atoms with Crippen LogP contribution in [0, 0.1) is 19.8 Å². The summed E-state index contributed by atoms with van der Waals surface area (Å²) in [5, 5.41) is 18.2. The molecule has 0 aliphatic rings. The van der Waals surface area contributed by atoms with Crippen LogP contribution in [0.4, 0.5) is 10.5 Å². The molecule has 0 aliphatic carbocycles. The summed E-state index contributed by atoms with van der Waals surface area (Å²) in [5.74, 6) is -1.53. The summed E-state index contributed by atoms with van der Waals surface area (Å²) in [6, 6.07) is -0.351. The molecule has 1 atom stereocenters. The molecular weight excluding hydrogens is 236 g/mol. The number of aliphatic carboxylic acids is 1. The van der Waals surface area contributed by atoms with Crippen LogP contribution in [-0.4, -0.2) is 45.8 Å². The first-order chi connectivity index (χ1) is 8.32. The number of anilines is 1. The minimum atomic E-state index is -0.926. The van der Waals surface area contributed by atoms with Gasteiger partial charge in [0.2, 0.25) is 0 Å². The molecule has 1 aromatic rings. The molecule has 7 heteroatoms. The molecule has 1 rings (SSSR count). The smallest absolute Gasteiger partial charge is 0.321 e. The van der Waals surface area contributed by atoms with E-state index in [1.807, 2.05) is 0 Å². The highest BCUT2D eigenvalue weighted by atomic mass is 16.4. The quantitative estimate of drug-likeness (QED) is 0.752. The molecule has 1 heterocycles. The number of carboxylic acids is 1. The molecule has 0 spiro atoms. The number of urea groups is 1. The number of aromatic amines is 1. The first kappa shape index (κ1) is 14.0. The third-order valence-corrected chi connectivity index (χ3v) is 2.68. The number of amides is 2. The molecule has 0 aliphatic heterocycles. The van der Waals surface area contributed by atoms with E-state index in [1.54, 1.807) is 27.8 Å². The van der Waals surface area contributed by atoms with E-state index in [1.165, 1.54) is 4.90 Å². The maximum Gasteiger partial charge on any atom is 0.321 e. The maximum absolute atomic E-state index is 11.9. The van der Waals surface area contributed by atoms with Gasteiger partial charge >= 0.3 is 12.0 Å². The zero-order valence-electron chi connectivity index (χ0n) is 10.9. The van der Waals surface area contributed by atoms with Gasteiger partial charge in [-0.05, 0) is 13.8 Å². The average molecular weight is 254 g/mol. The number of aryl methyl sites for hydroxylation is 2. The van der Waals surface area contributed by atoms with Crippen molar-refractivity contribution >= 4 is 17.7 Å². The van der Waals surface area contributed by atoms with Crippen LogP contribution in [0.3, 0.4) is 0 Å². The number of hydrogen-bond donors (Lipinski definition) is 3. The van der Waals surface area contributed by atoms with Crippen LogP contribution in [0.25, 0.3) is 0 Å². The van der Waals surface area contributed by atoms with Gasteiger partial charge < -0.3 is 15.3 Å². The number of nitrogens with zero attached hydrogens (tertiary/aromatic N) is 2. The fourth-order valence-corrected chi connectivity index (χ4v) is 1.51. The number of carbonyl (C=O) groups is 2. The highest BCUT2D eigenvalue weighted by Gasteiger charge is 2.18. The van der Waals surface area contributed by atoms with Gasteiger partial charge in [-0.1, -0.05) is 6.92 Å². The fraction of sp³-hybridized carbons (Fsp3) is 0.545. The molecule has 7 nitrogen and oxygen atoms in total. The highest BCUT2D eigenvalue weighted by Crippen LogP contribution is 2.16. The van der Waals surface area contributed by atoms with Crippen LogP contribution in [-0.2, 0) is 4.79 Å². The van der Waals surface area contributed by atoms with Gasteiger partial charge in [-0.3, -0.25) is 9.89 Å². The second kappa shape index (κ2) is 5.52. The first-order valence-corrected chi connectivity index (χ1v) is 5.59. The van der Waals surface area contributed by atoms with E-state index in [0.29, 0.717) is 11.4 Å². The van der Waals surface area contributed by atoms with E-state index in [-0.39, 0.29) is 12.6 Å². The number of carbonyl (C=O) groups excluding carboxylic acids is 1. The third-order valence-electron chi connectivity index (χ3n) is 2.68. The van der Waals surface area contributed by atoms with Crippen molar-refractivity contribution < 1.29 is 14.7 Å². The lowest BCUT2D eigenvalue weighted by Crippen LogP contribution is -2.36. The highest BCUT2D eigenvalue weighted by molar-refractivity contribution is 5.90. The molecule has 0 saturated heterocycles. The predicted molar refractivity (Wildman–Crippen MR) is 66.5 cm³/mol. The lowest BCUT2D eigenvalue weighted by atomic mass is 10.2. The molecule has 0 fully saturated rings. The van der Waals surface area contributed by atoms with E-state index in [0.717, 1.165) is 5.69 Å². The molecular formula is C11H18N4O3. The van der Waals surface area contributed by atoms with E-state index in [4.69, 9.17) is 5.11 Å². The molecule has 3 N–H and O–H groups in total. The molecule has 0 saturated carbocycles. The Bertz CT molecular complexity index is 436. The van der Waals surface area contributed by atoms with Crippen LogP contribution in [0.15, 0.2) is 0 Å². The van der Waals surface area contributed by atoms with Crippen molar-refractivity contribution in [1.29, 1.82) is 0 Å². The molecule has 1 aromatic heterocycles. The summed E-state index contributed by atoms with van der Waals surface area (Å²) in [6.45, 7) is 5.28. The lowest BCUT2D eigenvalue weighted by Gasteiger charge is -2.20. The van der Waals surface area contributed by atoms with E-state index in [9.17, 15) is 9.59 Å². The Balaban J connectivity index is 2.63. The van der Waals surface area contributed by atoms with Gasteiger partial charge in [-0.2, -0.15) is 5.10 Å². The van der Waals surface area contributed by atoms with Gasteiger partial charge in [0.1, 0.15) is 0 Å². The minimum Gasteiger partial charge on any atom is -0.481 e. The van der Waals surface area contributed by atoms with Crippen molar-refractivity contribution in [1.82, 2.24) is 15.1 Å². The molecule has 1 unspecified atom stereocenters. The van der Waals surface area contributed by atoms with E-state index >= 15 is 0 Å². The summed E-state index contributed by atoms with van der Waals surface area (Å²) in [7, 11) is 1.56. The van der Waals surface area contributed by atoms with Gasteiger partial charge in [-0.25, -0.2) is 4.79 Å². The molecule has 0 radical (unpaired) electrons. The first-order valence-electron chi connectivity index (χ1n) is 5.59. The van der Waals surface area contributed by atoms with Gasteiger partial charge in [0.05, 0.1) is 23.0 Å². The Morgan fingerprint density at radius 1 is 1.50 bits per heavy atom. The van der Waals surface area contributed by atoms with Crippen molar-refractivity contribution in [3.05, 3.63) is 11.4 Å². The van der Waals surface area contributed by atoms with Crippen molar-refractivity contribution in [2.24, 2.45) is 5.92 Å². The fourth-order valence-electron chi connectivity index (χ4n) is 1.51. The average Bonchev–Trinajstić information content (AvgIpc) is 2.60. The Morgan fingerprint density at radius 3 is 2.56 bits per heavy atom. The van der Waals surface area contributed by atoms with Crippen molar-refractivity contribution in [2.45, 2.75) is 20.8 Å². The maximum atomic E-state index is 11.9. The van der Waals surface area contributed by atoms with Crippen molar-refractivity contribution in [3.63, 3.8) is 0 Å². The van der Waals surface area contributed by atoms with Gasteiger partial charge in [0, 0.05) is 13.6 Å². The van der Waals surface area contributed by atoms with Crippen LogP contribution in [0.5, 0.6) is 0 Å². The number of rotatable bonds is 4. The lowest BCUT2D eigenvalue weighted by molar-refractivity contribution is -0.141. The normalized spacial score (nSPS) is 12.0. The van der Waals surface area contributed by atoms with Gasteiger partial charge in [-0.15, -0.1) is 0 Å². The van der Waals surface area contributed by atoms with Crippen LogP contribution in [0.1, 0.15) is 18.3 Å². The number of aromatic nitrogens is 2. The molecule has 18 heavy (non-hydrogen) atoms. The number of H-pyrrole nitrogens is 1. The topological polar surface area (TPSA) is 98.3 Å². The summed E-state index contributed by atoms with van der Waals surface area (Å²) < 4.78 is 0. The standard InChI is InChI=1S/C11H18N4O3/c1-6(10(16)17)5-15(4)11(18)12-9-7(2)13-14-8(9)3/h6H,5H2,1-4H3,(H,12,18)(H,13,14)(H,16,17). The predicted octanol–water partition coefficient (Wildman–Crippen LogP) is 1.21. The van der Waals surface area contributed by atoms with Crippen LogP contribution < -0.4 is 5.32 Å². The number of hydrogen-bond acceptors (Lipinski definition) is 3. The summed E-state index contributed by atoms with van der Waals surface area (Å²) in [4.78, 5) is 23.9. The van der Waals surface area contributed by atoms with Gasteiger partial charge in [0.25, 0.3) is 0 Å². The van der Waals surface area contributed by atoms with Crippen LogP contribution >= 0.6 is 0 Å². The minimum absolute atomic E-state index is 0.150. The van der Waals surface area contributed by atoms with E-state index in [2.05, 4.69) is 15.5 Å². The molecule has 100 valence electrons. The second-order valence-corrected chi connectivity index (χ2v) is 4.36. The Labute approximate surface area is 105 Å². The Morgan fingerprint density at radius 2 is 2.11 bits per heavy atom. The van der Waals surface area contributed by atoms with Gasteiger partial charge in [0.15, 0.2) is 0 Å². The number of nitrogens with one attached hydrogen (secondary N) is 2. The molecule has 0 bridgehead atoms. The summed E-state index contributed by atoms with van der Waals surface area (Å²) >= 11 is 0.